The minimum absolute atomic E-state index is 0.0296. The Labute approximate surface area is 207 Å². The van der Waals surface area contributed by atoms with Crippen LogP contribution >= 0.6 is 11.5 Å². The summed E-state index contributed by atoms with van der Waals surface area (Å²) in [6.07, 6.45) is 1.58. The number of rotatable bonds is 6. The normalized spacial score (nSPS) is 13.7. The highest BCUT2D eigenvalue weighted by atomic mass is 32.1. The molecule has 0 N–H and O–H groups in total. The summed E-state index contributed by atoms with van der Waals surface area (Å²) in [5, 5.41) is 0. The van der Waals surface area contributed by atoms with Crippen LogP contribution in [-0.2, 0) is 0 Å². The summed E-state index contributed by atoms with van der Waals surface area (Å²) < 4.78 is 21.5. The predicted octanol–water partition coefficient (Wildman–Crippen LogP) is 3.74. The van der Waals surface area contributed by atoms with Gasteiger partial charge in [0.05, 0.1) is 21.3 Å². The highest BCUT2D eigenvalue weighted by Gasteiger charge is 2.26. The Morgan fingerprint density at radius 1 is 0.886 bits per heavy atom. The molecule has 0 aliphatic carbocycles. The summed E-state index contributed by atoms with van der Waals surface area (Å²) in [5.41, 5.74) is 3.21. The van der Waals surface area contributed by atoms with Gasteiger partial charge >= 0.3 is 0 Å². The molecule has 1 aliphatic heterocycles. The summed E-state index contributed by atoms with van der Waals surface area (Å²) >= 11 is 1.40. The maximum Gasteiger partial charge on any atom is 0.254 e. The molecule has 5 rings (SSSR count). The van der Waals surface area contributed by atoms with Gasteiger partial charge in [-0.1, -0.05) is 0 Å². The van der Waals surface area contributed by atoms with Crippen LogP contribution in [-0.4, -0.2) is 72.7 Å². The van der Waals surface area contributed by atoms with E-state index >= 15 is 0 Å². The highest BCUT2D eigenvalue weighted by Crippen LogP contribution is 2.35. The minimum Gasteiger partial charge on any atom is -0.497 e. The van der Waals surface area contributed by atoms with Crippen molar-refractivity contribution in [2.24, 2.45) is 0 Å². The molecule has 3 heterocycles. The fraction of sp³-hybridized carbons (Fsp3) is 0.280. The molecule has 0 atom stereocenters. The number of hydrogen-bond acceptors (Lipinski definition) is 9. The van der Waals surface area contributed by atoms with Crippen LogP contribution in [0.4, 0.5) is 5.82 Å². The van der Waals surface area contributed by atoms with Crippen LogP contribution in [0.5, 0.6) is 17.2 Å². The molecule has 1 saturated heterocycles. The van der Waals surface area contributed by atoms with E-state index in [1.165, 1.54) is 11.5 Å². The van der Waals surface area contributed by atoms with Crippen LogP contribution in [0.2, 0.25) is 0 Å². The molecular formula is C25H25N5O4S. The van der Waals surface area contributed by atoms with Crippen molar-refractivity contribution in [2.45, 2.75) is 0 Å². The first kappa shape index (κ1) is 22.9. The molecule has 0 unspecified atom stereocenters. The molecule has 9 nitrogen and oxygen atoms in total. The Hall–Kier alpha value is -3.92. The van der Waals surface area contributed by atoms with Crippen LogP contribution in [0.15, 0.2) is 48.8 Å². The number of methoxy groups -OCH3 is 3. The number of aromatic nitrogens is 3. The molecule has 0 radical (unpaired) electrons. The van der Waals surface area contributed by atoms with E-state index in [9.17, 15) is 4.79 Å². The number of amides is 1. The van der Waals surface area contributed by atoms with Gasteiger partial charge in [-0.2, -0.15) is 4.37 Å². The zero-order valence-electron chi connectivity index (χ0n) is 19.7. The lowest BCUT2D eigenvalue weighted by molar-refractivity contribution is 0.0746. The summed E-state index contributed by atoms with van der Waals surface area (Å²) in [4.78, 5) is 26.2. The molecular weight excluding hydrogens is 466 g/mol. The number of hydrogen-bond donors (Lipinski definition) is 0. The Bertz CT molecular complexity index is 1350. The Kier molecular flexibility index (Phi) is 6.37. The summed E-state index contributed by atoms with van der Waals surface area (Å²) in [6, 6.07) is 13.0. The second kappa shape index (κ2) is 9.75. The van der Waals surface area contributed by atoms with Crippen molar-refractivity contribution >= 4 is 33.5 Å². The number of carbonyl (C=O) groups is 1. The molecule has 0 saturated carbocycles. The van der Waals surface area contributed by atoms with Crippen LogP contribution in [0.3, 0.4) is 0 Å². The topological polar surface area (TPSA) is 89.9 Å². The van der Waals surface area contributed by atoms with Gasteiger partial charge < -0.3 is 24.0 Å². The van der Waals surface area contributed by atoms with Crippen molar-refractivity contribution in [3.05, 3.63) is 54.4 Å². The summed E-state index contributed by atoms with van der Waals surface area (Å²) in [7, 11) is 4.78. The lowest BCUT2D eigenvalue weighted by Gasteiger charge is -2.35. The van der Waals surface area contributed by atoms with E-state index in [1.807, 2.05) is 29.2 Å². The Morgan fingerprint density at radius 2 is 1.63 bits per heavy atom. The molecule has 4 aromatic rings. The number of anilines is 1. The van der Waals surface area contributed by atoms with Gasteiger partial charge in [0.2, 0.25) is 0 Å². The van der Waals surface area contributed by atoms with Crippen molar-refractivity contribution in [3.8, 4) is 28.5 Å². The first-order valence-electron chi connectivity index (χ1n) is 11.1. The molecule has 0 bridgehead atoms. The van der Waals surface area contributed by atoms with Gasteiger partial charge in [-0.25, -0.2) is 9.97 Å². The zero-order chi connectivity index (χ0) is 24.4. The third-order valence-corrected chi connectivity index (χ3v) is 6.93. The van der Waals surface area contributed by atoms with Crippen molar-refractivity contribution < 1.29 is 19.0 Å². The van der Waals surface area contributed by atoms with E-state index in [-0.39, 0.29) is 5.91 Å². The largest absolute Gasteiger partial charge is 0.497 e. The average Bonchev–Trinajstić information content (AvgIpc) is 3.37. The monoisotopic (exact) mass is 491 g/mol. The number of fused-ring (bicyclic) bond motifs is 1. The van der Waals surface area contributed by atoms with Crippen molar-refractivity contribution in [1.82, 2.24) is 19.2 Å². The molecule has 35 heavy (non-hydrogen) atoms. The van der Waals surface area contributed by atoms with E-state index in [0.717, 1.165) is 33.0 Å². The van der Waals surface area contributed by atoms with Gasteiger partial charge in [-0.3, -0.25) is 4.79 Å². The first-order chi connectivity index (χ1) is 17.1. The second-order valence-corrected chi connectivity index (χ2v) is 8.76. The zero-order valence-corrected chi connectivity index (χ0v) is 20.5. The average molecular weight is 492 g/mol. The van der Waals surface area contributed by atoms with Crippen LogP contribution in [0.25, 0.3) is 21.5 Å². The first-order valence-corrected chi connectivity index (χ1v) is 11.9. The lowest BCUT2D eigenvalue weighted by atomic mass is 10.1. The second-order valence-electron chi connectivity index (χ2n) is 7.98. The highest BCUT2D eigenvalue weighted by molar-refractivity contribution is 7.14. The lowest BCUT2D eigenvalue weighted by Crippen LogP contribution is -2.49. The van der Waals surface area contributed by atoms with Crippen molar-refractivity contribution in [1.29, 1.82) is 0 Å². The van der Waals surface area contributed by atoms with Gasteiger partial charge in [0.1, 0.15) is 28.0 Å². The van der Waals surface area contributed by atoms with Gasteiger partial charge in [0.15, 0.2) is 17.3 Å². The molecule has 1 fully saturated rings. The van der Waals surface area contributed by atoms with E-state index in [0.29, 0.717) is 43.2 Å². The maximum absolute atomic E-state index is 13.1. The van der Waals surface area contributed by atoms with Crippen molar-refractivity contribution in [2.75, 3.05) is 52.4 Å². The molecule has 1 aliphatic rings. The third kappa shape index (κ3) is 4.32. The van der Waals surface area contributed by atoms with Crippen molar-refractivity contribution in [3.63, 3.8) is 0 Å². The number of nitrogens with zero attached hydrogens (tertiary/aromatic N) is 5. The van der Waals surface area contributed by atoms with Gasteiger partial charge in [0.25, 0.3) is 5.91 Å². The maximum atomic E-state index is 13.1. The Morgan fingerprint density at radius 3 is 2.31 bits per heavy atom. The fourth-order valence-corrected chi connectivity index (χ4v) is 5.06. The summed E-state index contributed by atoms with van der Waals surface area (Å²) in [6.45, 7) is 2.51. The predicted molar refractivity (Wildman–Crippen MR) is 135 cm³/mol. The number of ether oxygens (including phenoxy) is 3. The third-order valence-electron chi connectivity index (χ3n) is 6.10. The van der Waals surface area contributed by atoms with Gasteiger partial charge in [0, 0.05) is 37.3 Å². The minimum atomic E-state index is -0.0296. The van der Waals surface area contributed by atoms with Gasteiger partial charge in [-0.05, 0) is 54.0 Å². The SMILES string of the molecule is COc1ccc(-c2nsc3c(N4CCN(C(=O)c5ccc(OC)c(OC)c5)CC4)ncnc23)cc1. The number of piperazine rings is 1. The van der Waals surface area contributed by atoms with E-state index in [4.69, 9.17) is 14.2 Å². The Balaban J connectivity index is 1.33. The molecule has 10 heteroatoms. The van der Waals surface area contributed by atoms with Crippen LogP contribution in [0.1, 0.15) is 10.4 Å². The smallest absolute Gasteiger partial charge is 0.254 e. The van der Waals surface area contributed by atoms with Gasteiger partial charge in [-0.15, -0.1) is 0 Å². The van der Waals surface area contributed by atoms with Crippen LogP contribution in [0, 0.1) is 0 Å². The van der Waals surface area contributed by atoms with E-state index < -0.39 is 0 Å². The van der Waals surface area contributed by atoms with Crippen LogP contribution < -0.4 is 19.1 Å². The standard InChI is InChI=1S/C25H25N5O4S/c1-32-18-7-4-16(5-8-18)21-22-23(35-28-21)24(27-15-26-22)29-10-12-30(13-11-29)25(31)17-6-9-19(33-2)20(14-17)34-3/h4-9,14-15H,10-13H2,1-3H3. The molecule has 180 valence electrons. The molecule has 1 amide bonds. The number of carbonyl (C=O) groups excluding carboxylic acids is 1. The molecule has 2 aromatic heterocycles. The molecule has 0 spiro atoms. The number of benzene rings is 2. The quantitative estimate of drug-likeness (QED) is 0.403. The van der Waals surface area contributed by atoms with E-state index in [2.05, 4.69) is 19.2 Å². The molecule has 2 aromatic carbocycles. The van der Waals surface area contributed by atoms with E-state index in [1.54, 1.807) is 45.9 Å². The fourth-order valence-electron chi connectivity index (χ4n) is 4.19. The summed E-state index contributed by atoms with van der Waals surface area (Å²) in [5.74, 6) is 2.76.